The van der Waals surface area contributed by atoms with E-state index in [1.54, 1.807) is 16.7 Å². The molecule has 132 valence electrons. The standard InChI is InChI=1S/C17H25N3O4/c1-4-23-17(22)20-9-7-19(8-10-20)16(21)18-12-24-15-6-5-13(2)14(3)11-15/h5-6,11H,4,7-10,12H2,1-3H3,(H,18,21). The SMILES string of the molecule is CCOC(=O)N1CCN(C(=O)NCOc2ccc(C)c(C)c2)CC1. The second-order valence-electron chi connectivity index (χ2n) is 5.69. The van der Waals surface area contributed by atoms with Crippen molar-refractivity contribution in [1.29, 1.82) is 0 Å². The summed E-state index contributed by atoms with van der Waals surface area (Å²) < 4.78 is 10.5. The second-order valence-corrected chi connectivity index (χ2v) is 5.69. The lowest BCUT2D eigenvalue weighted by atomic mass is 10.1. The van der Waals surface area contributed by atoms with Gasteiger partial charge in [-0.2, -0.15) is 0 Å². The first-order chi connectivity index (χ1) is 11.5. The molecule has 1 N–H and O–H groups in total. The van der Waals surface area contributed by atoms with Crippen LogP contribution in [0.1, 0.15) is 18.1 Å². The van der Waals surface area contributed by atoms with Crippen molar-refractivity contribution in [2.75, 3.05) is 39.5 Å². The van der Waals surface area contributed by atoms with Gasteiger partial charge < -0.3 is 24.6 Å². The lowest BCUT2D eigenvalue weighted by Gasteiger charge is -2.33. The van der Waals surface area contributed by atoms with Gasteiger partial charge in [0.2, 0.25) is 0 Å². The Bertz CT molecular complexity index is 583. The van der Waals surface area contributed by atoms with Crippen molar-refractivity contribution < 1.29 is 19.1 Å². The van der Waals surface area contributed by atoms with E-state index < -0.39 is 0 Å². The molecule has 1 aromatic carbocycles. The Balaban J connectivity index is 1.72. The van der Waals surface area contributed by atoms with E-state index in [0.717, 1.165) is 11.3 Å². The van der Waals surface area contributed by atoms with Crippen molar-refractivity contribution in [3.05, 3.63) is 29.3 Å². The molecule has 7 nitrogen and oxygen atoms in total. The van der Waals surface area contributed by atoms with Crippen LogP contribution in [0.15, 0.2) is 18.2 Å². The first kappa shape index (κ1) is 17.9. The first-order valence-electron chi connectivity index (χ1n) is 8.15. The molecule has 1 aliphatic heterocycles. The Morgan fingerprint density at radius 1 is 1.08 bits per heavy atom. The normalized spacial score (nSPS) is 14.3. The van der Waals surface area contributed by atoms with Crippen LogP contribution in [0.2, 0.25) is 0 Å². The van der Waals surface area contributed by atoms with Gasteiger partial charge in [-0.1, -0.05) is 6.07 Å². The number of amides is 3. The fourth-order valence-corrected chi connectivity index (χ4v) is 2.40. The molecular formula is C17H25N3O4. The molecule has 0 radical (unpaired) electrons. The number of piperazine rings is 1. The number of ether oxygens (including phenoxy) is 2. The Morgan fingerprint density at radius 2 is 1.75 bits per heavy atom. The molecule has 0 atom stereocenters. The molecule has 0 aliphatic carbocycles. The monoisotopic (exact) mass is 335 g/mol. The average molecular weight is 335 g/mol. The molecule has 0 spiro atoms. The highest BCUT2D eigenvalue weighted by Gasteiger charge is 2.24. The van der Waals surface area contributed by atoms with E-state index in [0.29, 0.717) is 32.8 Å². The topological polar surface area (TPSA) is 71.1 Å². The van der Waals surface area contributed by atoms with Crippen molar-refractivity contribution in [2.24, 2.45) is 0 Å². The smallest absolute Gasteiger partial charge is 0.409 e. The largest absolute Gasteiger partial charge is 0.473 e. The molecule has 7 heteroatoms. The van der Waals surface area contributed by atoms with Crippen LogP contribution < -0.4 is 10.1 Å². The van der Waals surface area contributed by atoms with Crippen molar-refractivity contribution in [1.82, 2.24) is 15.1 Å². The van der Waals surface area contributed by atoms with Gasteiger partial charge >= 0.3 is 12.1 Å². The quantitative estimate of drug-likeness (QED) is 0.856. The van der Waals surface area contributed by atoms with Crippen LogP contribution in [0.3, 0.4) is 0 Å². The molecule has 0 aromatic heterocycles. The van der Waals surface area contributed by atoms with E-state index in [9.17, 15) is 9.59 Å². The minimum absolute atomic E-state index is 0.111. The highest BCUT2D eigenvalue weighted by Crippen LogP contribution is 2.16. The molecule has 1 aromatic rings. The molecule has 0 bridgehead atoms. The summed E-state index contributed by atoms with van der Waals surface area (Å²) >= 11 is 0. The third-order valence-corrected chi connectivity index (χ3v) is 4.03. The fourth-order valence-electron chi connectivity index (χ4n) is 2.40. The van der Waals surface area contributed by atoms with E-state index in [1.807, 2.05) is 32.0 Å². The summed E-state index contributed by atoms with van der Waals surface area (Å²) in [7, 11) is 0. The molecule has 0 unspecified atom stereocenters. The molecular weight excluding hydrogens is 310 g/mol. The maximum Gasteiger partial charge on any atom is 0.409 e. The van der Waals surface area contributed by atoms with Crippen LogP contribution in [0.4, 0.5) is 9.59 Å². The van der Waals surface area contributed by atoms with Crippen LogP contribution in [0.25, 0.3) is 0 Å². The van der Waals surface area contributed by atoms with Gasteiger partial charge in [-0.15, -0.1) is 0 Å². The van der Waals surface area contributed by atoms with Gasteiger partial charge in [0.05, 0.1) is 6.61 Å². The Hall–Kier alpha value is -2.44. The third-order valence-electron chi connectivity index (χ3n) is 4.03. The zero-order valence-electron chi connectivity index (χ0n) is 14.5. The minimum Gasteiger partial charge on any atom is -0.473 e. The summed E-state index contributed by atoms with van der Waals surface area (Å²) in [4.78, 5) is 27.0. The maximum absolute atomic E-state index is 12.1. The van der Waals surface area contributed by atoms with Gasteiger partial charge in [0, 0.05) is 26.2 Å². The highest BCUT2D eigenvalue weighted by atomic mass is 16.6. The number of carbonyl (C=O) groups excluding carboxylic acids is 2. The van der Waals surface area contributed by atoms with Gasteiger partial charge in [0.25, 0.3) is 0 Å². The summed E-state index contributed by atoms with van der Waals surface area (Å²) in [6.07, 6.45) is -0.323. The van der Waals surface area contributed by atoms with Crippen molar-refractivity contribution in [3.63, 3.8) is 0 Å². The summed E-state index contributed by atoms with van der Waals surface area (Å²) in [6.45, 7) is 8.21. The molecule has 0 saturated carbocycles. The molecule has 1 fully saturated rings. The fraction of sp³-hybridized carbons (Fsp3) is 0.529. The van der Waals surface area contributed by atoms with Gasteiger partial charge in [-0.3, -0.25) is 0 Å². The van der Waals surface area contributed by atoms with E-state index in [4.69, 9.17) is 9.47 Å². The van der Waals surface area contributed by atoms with Crippen LogP contribution in [0.5, 0.6) is 5.75 Å². The lowest BCUT2D eigenvalue weighted by molar-refractivity contribution is 0.0843. The van der Waals surface area contributed by atoms with Gasteiger partial charge in [0.1, 0.15) is 5.75 Å². The second kappa shape index (κ2) is 8.42. The highest BCUT2D eigenvalue weighted by molar-refractivity contribution is 5.74. The van der Waals surface area contributed by atoms with E-state index >= 15 is 0 Å². The Morgan fingerprint density at radius 3 is 2.38 bits per heavy atom. The third kappa shape index (κ3) is 4.78. The van der Waals surface area contributed by atoms with Crippen LogP contribution in [-0.4, -0.2) is 61.4 Å². The zero-order chi connectivity index (χ0) is 17.5. The number of carbonyl (C=O) groups is 2. The van der Waals surface area contributed by atoms with Crippen molar-refractivity contribution in [3.8, 4) is 5.75 Å². The predicted molar refractivity (Wildman–Crippen MR) is 90.1 cm³/mol. The molecule has 1 heterocycles. The van der Waals surface area contributed by atoms with Gasteiger partial charge in [-0.25, -0.2) is 9.59 Å². The Labute approximate surface area is 142 Å². The number of rotatable bonds is 4. The summed E-state index contributed by atoms with van der Waals surface area (Å²) in [5.41, 5.74) is 2.35. The van der Waals surface area contributed by atoms with Crippen LogP contribution in [-0.2, 0) is 4.74 Å². The van der Waals surface area contributed by atoms with Crippen LogP contribution >= 0.6 is 0 Å². The minimum atomic E-state index is -0.323. The zero-order valence-corrected chi connectivity index (χ0v) is 14.5. The summed E-state index contributed by atoms with van der Waals surface area (Å²) in [5.74, 6) is 0.727. The van der Waals surface area contributed by atoms with E-state index in [2.05, 4.69) is 5.32 Å². The average Bonchev–Trinajstić information content (AvgIpc) is 2.58. The molecule has 2 rings (SSSR count). The van der Waals surface area contributed by atoms with Gasteiger partial charge in [-0.05, 0) is 44.0 Å². The summed E-state index contributed by atoms with van der Waals surface area (Å²) in [6, 6.07) is 5.62. The number of benzene rings is 1. The molecule has 24 heavy (non-hydrogen) atoms. The molecule has 1 saturated heterocycles. The number of nitrogens with one attached hydrogen (secondary N) is 1. The van der Waals surface area contributed by atoms with E-state index in [1.165, 1.54) is 5.56 Å². The molecule has 1 aliphatic rings. The first-order valence-corrected chi connectivity index (χ1v) is 8.15. The van der Waals surface area contributed by atoms with Crippen molar-refractivity contribution in [2.45, 2.75) is 20.8 Å². The number of urea groups is 1. The number of hydrogen-bond acceptors (Lipinski definition) is 4. The van der Waals surface area contributed by atoms with Gasteiger partial charge in [0.15, 0.2) is 6.73 Å². The number of nitrogens with zero attached hydrogens (tertiary/aromatic N) is 2. The lowest BCUT2D eigenvalue weighted by Crippen LogP contribution is -2.53. The number of aryl methyl sites for hydroxylation is 2. The van der Waals surface area contributed by atoms with Crippen LogP contribution in [0, 0.1) is 13.8 Å². The number of hydrogen-bond donors (Lipinski definition) is 1. The van der Waals surface area contributed by atoms with E-state index in [-0.39, 0.29) is 18.9 Å². The Kier molecular flexibility index (Phi) is 6.28. The van der Waals surface area contributed by atoms with Crippen molar-refractivity contribution >= 4 is 12.1 Å². The summed E-state index contributed by atoms with van der Waals surface area (Å²) in [5, 5.41) is 2.73. The predicted octanol–water partition coefficient (Wildman–Crippen LogP) is 2.12. The molecule has 3 amide bonds. The maximum atomic E-state index is 12.1.